The summed E-state index contributed by atoms with van der Waals surface area (Å²) in [7, 11) is 0. The Kier molecular flexibility index (Phi) is 5.20. The van der Waals surface area contributed by atoms with Crippen molar-refractivity contribution in [1.82, 2.24) is 14.8 Å². The highest BCUT2D eigenvalue weighted by Gasteiger charge is 2.22. The summed E-state index contributed by atoms with van der Waals surface area (Å²) in [5.74, 6) is 0.531. The smallest absolute Gasteiger partial charge is 0.227 e. The largest absolute Gasteiger partial charge is 0.376 e. The standard InChI is InChI=1S/C15H17ClN4O2S/c16-11-5-3-10(4-6-11)14-18-19-15(23-9-13(17)21)20(14)8-12-2-1-7-22-12/h3-6,12H,1-2,7-9H2,(H2,17,21). The van der Waals surface area contributed by atoms with Gasteiger partial charge in [0.05, 0.1) is 18.4 Å². The number of carbonyl (C=O) groups is 1. The van der Waals surface area contributed by atoms with Crippen molar-refractivity contribution in [2.75, 3.05) is 12.4 Å². The molecule has 2 N–H and O–H groups in total. The Morgan fingerprint density at radius 2 is 2.17 bits per heavy atom. The molecule has 0 aliphatic carbocycles. The van der Waals surface area contributed by atoms with E-state index in [2.05, 4.69) is 10.2 Å². The van der Waals surface area contributed by atoms with Crippen LogP contribution >= 0.6 is 23.4 Å². The van der Waals surface area contributed by atoms with Crippen LogP contribution in [0, 0.1) is 0 Å². The van der Waals surface area contributed by atoms with E-state index in [9.17, 15) is 4.79 Å². The average Bonchev–Trinajstić information content (AvgIpc) is 3.17. The van der Waals surface area contributed by atoms with Crippen LogP contribution in [0.4, 0.5) is 0 Å². The summed E-state index contributed by atoms with van der Waals surface area (Å²) in [5.41, 5.74) is 6.15. The summed E-state index contributed by atoms with van der Waals surface area (Å²) in [4.78, 5) is 11.0. The van der Waals surface area contributed by atoms with Gasteiger partial charge in [0.25, 0.3) is 0 Å². The maximum absolute atomic E-state index is 11.0. The van der Waals surface area contributed by atoms with Gasteiger partial charge in [-0.1, -0.05) is 23.4 Å². The van der Waals surface area contributed by atoms with E-state index in [0.29, 0.717) is 16.7 Å². The minimum atomic E-state index is -0.380. The van der Waals surface area contributed by atoms with E-state index in [1.54, 1.807) is 0 Å². The third-order valence-electron chi connectivity index (χ3n) is 3.57. The van der Waals surface area contributed by atoms with Crippen molar-refractivity contribution in [3.05, 3.63) is 29.3 Å². The van der Waals surface area contributed by atoms with E-state index in [4.69, 9.17) is 22.1 Å². The minimum Gasteiger partial charge on any atom is -0.376 e. The third kappa shape index (κ3) is 4.04. The van der Waals surface area contributed by atoms with Gasteiger partial charge in [0, 0.05) is 17.2 Å². The summed E-state index contributed by atoms with van der Waals surface area (Å²) in [6.45, 7) is 1.44. The first-order valence-electron chi connectivity index (χ1n) is 7.35. The van der Waals surface area contributed by atoms with E-state index >= 15 is 0 Å². The number of aromatic nitrogens is 3. The van der Waals surface area contributed by atoms with E-state index < -0.39 is 0 Å². The van der Waals surface area contributed by atoms with E-state index in [0.717, 1.165) is 30.8 Å². The van der Waals surface area contributed by atoms with Gasteiger partial charge in [-0.2, -0.15) is 0 Å². The lowest BCUT2D eigenvalue weighted by Crippen LogP contribution is -2.18. The van der Waals surface area contributed by atoms with Gasteiger partial charge in [0.2, 0.25) is 5.91 Å². The van der Waals surface area contributed by atoms with Crippen molar-refractivity contribution >= 4 is 29.3 Å². The highest BCUT2D eigenvalue weighted by atomic mass is 35.5. The van der Waals surface area contributed by atoms with Crippen LogP contribution in [-0.4, -0.2) is 39.1 Å². The van der Waals surface area contributed by atoms with Crippen molar-refractivity contribution in [2.24, 2.45) is 5.73 Å². The van der Waals surface area contributed by atoms with Crippen LogP contribution in [-0.2, 0) is 16.1 Å². The second kappa shape index (κ2) is 7.33. The molecule has 2 aromatic rings. The molecule has 3 rings (SSSR count). The number of halogens is 1. The Morgan fingerprint density at radius 1 is 1.39 bits per heavy atom. The molecule has 8 heteroatoms. The minimum absolute atomic E-state index is 0.143. The number of hydrogen-bond donors (Lipinski definition) is 1. The summed E-state index contributed by atoms with van der Waals surface area (Å²) in [6.07, 6.45) is 2.22. The number of primary amides is 1. The molecule has 0 bridgehead atoms. The summed E-state index contributed by atoms with van der Waals surface area (Å²) in [5, 5.41) is 9.83. The molecule has 1 unspecified atom stereocenters. The third-order valence-corrected chi connectivity index (χ3v) is 4.81. The first-order valence-corrected chi connectivity index (χ1v) is 8.71. The fraction of sp³-hybridized carbons (Fsp3) is 0.400. The fourth-order valence-electron chi connectivity index (χ4n) is 2.50. The molecule has 1 saturated heterocycles. The molecule has 1 aliphatic heterocycles. The van der Waals surface area contributed by atoms with Crippen molar-refractivity contribution in [2.45, 2.75) is 30.6 Å². The second-order valence-corrected chi connectivity index (χ2v) is 6.69. The van der Waals surface area contributed by atoms with Crippen LogP contribution in [0.25, 0.3) is 11.4 Å². The summed E-state index contributed by atoms with van der Waals surface area (Å²) < 4.78 is 7.71. The summed E-state index contributed by atoms with van der Waals surface area (Å²) >= 11 is 7.24. The number of nitrogens with zero attached hydrogens (tertiary/aromatic N) is 3. The van der Waals surface area contributed by atoms with Gasteiger partial charge in [-0.25, -0.2) is 0 Å². The van der Waals surface area contributed by atoms with E-state index in [1.165, 1.54) is 11.8 Å². The molecular weight excluding hydrogens is 336 g/mol. The van der Waals surface area contributed by atoms with Crippen molar-refractivity contribution in [1.29, 1.82) is 0 Å². The SMILES string of the molecule is NC(=O)CSc1nnc(-c2ccc(Cl)cc2)n1CC1CCCO1. The molecule has 122 valence electrons. The number of ether oxygens (including phenoxy) is 1. The quantitative estimate of drug-likeness (QED) is 0.807. The second-order valence-electron chi connectivity index (χ2n) is 5.31. The lowest BCUT2D eigenvalue weighted by atomic mass is 10.2. The lowest BCUT2D eigenvalue weighted by molar-refractivity contribution is -0.115. The van der Waals surface area contributed by atoms with Crippen LogP contribution in [0.3, 0.4) is 0 Å². The predicted molar refractivity (Wildman–Crippen MR) is 89.4 cm³/mol. The number of hydrogen-bond acceptors (Lipinski definition) is 5. The normalized spacial score (nSPS) is 17.5. The topological polar surface area (TPSA) is 83.0 Å². The van der Waals surface area contributed by atoms with Crippen molar-refractivity contribution in [3.8, 4) is 11.4 Å². The van der Waals surface area contributed by atoms with Gasteiger partial charge in [-0.3, -0.25) is 9.36 Å². The van der Waals surface area contributed by atoms with Crippen molar-refractivity contribution < 1.29 is 9.53 Å². The molecular formula is C15H17ClN4O2S. The number of thioether (sulfide) groups is 1. The molecule has 0 spiro atoms. The first kappa shape index (κ1) is 16.3. The Hall–Kier alpha value is -1.57. The average molecular weight is 353 g/mol. The van der Waals surface area contributed by atoms with Crippen LogP contribution in [0.1, 0.15) is 12.8 Å². The molecule has 1 amide bonds. The Bertz CT molecular complexity index is 683. The molecule has 1 atom stereocenters. The van der Waals surface area contributed by atoms with Crippen LogP contribution in [0.5, 0.6) is 0 Å². The zero-order chi connectivity index (χ0) is 16.2. The zero-order valence-electron chi connectivity index (χ0n) is 12.4. The molecule has 0 radical (unpaired) electrons. The highest BCUT2D eigenvalue weighted by molar-refractivity contribution is 7.99. The number of amides is 1. The van der Waals surface area contributed by atoms with Crippen molar-refractivity contribution in [3.63, 3.8) is 0 Å². The molecule has 6 nitrogen and oxygen atoms in total. The number of benzene rings is 1. The summed E-state index contributed by atoms with van der Waals surface area (Å²) in [6, 6.07) is 7.44. The maximum Gasteiger partial charge on any atom is 0.227 e. The van der Waals surface area contributed by atoms with E-state index in [1.807, 2.05) is 28.8 Å². The first-order chi connectivity index (χ1) is 11.1. The van der Waals surface area contributed by atoms with Gasteiger partial charge in [-0.05, 0) is 37.1 Å². The van der Waals surface area contributed by atoms with Gasteiger partial charge in [0.1, 0.15) is 0 Å². The Balaban J connectivity index is 1.90. The van der Waals surface area contributed by atoms with Crippen LogP contribution in [0.2, 0.25) is 5.02 Å². The molecule has 1 aromatic heterocycles. The lowest BCUT2D eigenvalue weighted by Gasteiger charge is -2.14. The number of rotatable bonds is 6. The number of carbonyl (C=O) groups excluding carboxylic acids is 1. The van der Waals surface area contributed by atoms with Gasteiger partial charge >= 0.3 is 0 Å². The number of nitrogens with two attached hydrogens (primary N) is 1. The van der Waals surface area contributed by atoms with Gasteiger partial charge < -0.3 is 10.5 Å². The van der Waals surface area contributed by atoms with Crippen LogP contribution < -0.4 is 5.73 Å². The Labute approximate surface area is 143 Å². The van der Waals surface area contributed by atoms with Gasteiger partial charge in [0.15, 0.2) is 11.0 Å². The molecule has 2 heterocycles. The molecule has 1 aliphatic rings. The molecule has 23 heavy (non-hydrogen) atoms. The predicted octanol–water partition coefficient (Wildman–Crippen LogP) is 2.35. The molecule has 0 saturated carbocycles. The monoisotopic (exact) mass is 352 g/mol. The van der Waals surface area contributed by atoms with E-state index in [-0.39, 0.29) is 17.8 Å². The molecule has 1 aromatic carbocycles. The molecule has 1 fully saturated rings. The zero-order valence-corrected chi connectivity index (χ0v) is 14.0. The Morgan fingerprint density at radius 3 is 2.83 bits per heavy atom. The van der Waals surface area contributed by atoms with Gasteiger partial charge in [-0.15, -0.1) is 10.2 Å². The maximum atomic E-state index is 11.0. The fourth-order valence-corrected chi connectivity index (χ4v) is 3.31. The van der Waals surface area contributed by atoms with Crippen LogP contribution in [0.15, 0.2) is 29.4 Å². The highest BCUT2D eigenvalue weighted by Crippen LogP contribution is 2.27.